The summed E-state index contributed by atoms with van der Waals surface area (Å²) in [6.07, 6.45) is 2.60. The van der Waals surface area contributed by atoms with E-state index in [0.717, 1.165) is 25.0 Å². The second-order valence-corrected chi connectivity index (χ2v) is 7.28. The summed E-state index contributed by atoms with van der Waals surface area (Å²) in [5.41, 5.74) is 5.10. The Morgan fingerprint density at radius 2 is 2.10 bits per heavy atom. The molecule has 0 spiro atoms. The third-order valence-electron chi connectivity index (χ3n) is 3.87. The van der Waals surface area contributed by atoms with Gasteiger partial charge in [0.25, 0.3) is 0 Å². The standard InChI is InChI=1S/C16H24N2O2S/c1-11(2)18-16(15(17)19)9-8-14(10-16)21-13-6-4-12(20-3)5-7-13/h4-7,11,14,18H,8-10H2,1-3H3,(H2,17,19). The van der Waals surface area contributed by atoms with Crippen LogP contribution in [0, 0.1) is 0 Å². The predicted octanol–water partition coefficient (Wildman–Crippen LogP) is 2.56. The molecule has 0 aliphatic heterocycles. The molecule has 0 heterocycles. The normalized spacial score (nSPS) is 25.2. The van der Waals surface area contributed by atoms with Crippen LogP contribution >= 0.6 is 11.8 Å². The minimum Gasteiger partial charge on any atom is -0.497 e. The summed E-state index contributed by atoms with van der Waals surface area (Å²) >= 11 is 1.81. The van der Waals surface area contributed by atoms with E-state index in [4.69, 9.17) is 10.5 Å². The average molecular weight is 308 g/mol. The monoisotopic (exact) mass is 308 g/mol. The number of nitrogens with one attached hydrogen (secondary N) is 1. The molecular formula is C16H24N2O2S. The molecule has 0 radical (unpaired) electrons. The topological polar surface area (TPSA) is 64.3 Å². The van der Waals surface area contributed by atoms with Gasteiger partial charge in [-0.2, -0.15) is 0 Å². The number of carbonyl (C=O) groups excluding carboxylic acids is 1. The van der Waals surface area contributed by atoms with Gasteiger partial charge in [-0.25, -0.2) is 0 Å². The second-order valence-electron chi connectivity index (χ2n) is 5.90. The quantitative estimate of drug-likeness (QED) is 0.848. The van der Waals surface area contributed by atoms with E-state index in [-0.39, 0.29) is 11.9 Å². The lowest BCUT2D eigenvalue weighted by molar-refractivity contribution is -0.124. The molecule has 1 aromatic carbocycles. The van der Waals surface area contributed by atoms with Crippen LogP contribution in [-0.2, 0) is 4.79 Å². The molecular weight excluding hydrogens is 284 g/mol. The number of thioether (sulfide) groups is 1. The number of benzene rings is 1. The van der Waals surface area contributed by atoms with E-state index in [1.807, 2.05) is 23.9 Å². The zero-order valence-electron chi connectivity index (χ0n) is 12.9. The molecule has 1 amide bonds. The summed E-state index contributed by atoms with van der Waals surface area (Å²) in [6.45, 7) is 4.10. The Hall–Kier alpha value is -1.20. The summed E-state index contributed by atoms with van der Waals surface area (Å²) in [5, 5.41) is 3.79. The Bertz CT molecular complexity index is 490. The van der Waals surface area contributed by atoms with Crippen molar-refractivity contribution in [2.24, 2.45) is 5.73 Å². The van der Waals surface area contributed by atoms with Crippen LogP contribution in [0.3, 0.4) is 0 Å². The Kier molecular flexibility index (Phi) is 5.17. The highest BCUT2D eigenvalue weighted by Gasteiger charge is 2.44. The molecule has 0 saturated heterocycles. The van der Waals surface area contributed by atoms with E-state index in [1.165, 1.54) is 4.90 Å². The molecule has 21 heavy (non-hydrogen) atoms. The number of rotatable bonds is 6. The Balaban J connectivity index is 2.01. The maximum Gasteiger partial charge on any atom is 0.237 e. The predicted molar refractivity (Wildman–Crippen MR) is 86.7 cm³/mol. The molecule has 116 valence electrons. The second kappa shape index (κ2) is 6.71. The lowest BCUT2D eigenvalue weighted by Crippen LogP contribution is -2.56. The SMILES string of the molecule is COc1ccc(SC2CCC(NC(C)C)(C(N)=O)C2)cc1. The number of nitrogens with two attached hydrogens (primary N) is 1. The fourth-order valence-electron chi connectivity index (χ4n) is 2.93. The van der Waals surface area contributed by atoms with Crippen molar-refractivity contribution in [1.29, 1.82) is 0 Å². The molecule has 2 unspecified atom stereocenters. The summed E-state index contributed by atoms with van der Waals surface area (Å²) in [4.78, 5) is 13.1. The van der Waals surface area contributed by atoms with Gasteiger partial charge in [0.2, 0.25) is 5.91 Å². The van der Waals surface area contributed by atoms with E-state index in [9.17, 15) is 4.79 Å². The van der Waals surface area contributed by atoms with Gasteiger partial charge in [0.05, 0.1) is 12.6 Å². The van der Waals surface area contributed by atoms with Crippen LogP contribution in [0.15, 0.2) is 29.2 Å². The maximum atomic E-state index is 11.9. The number of methoxy groups -OCH3 is 1. The molecule has 1 aliphatic carbocycles. The van der Waals surface area contributed by atoms with Crippen molar-refractivity contribution in [3.8, 4) is 5.75 Å². The van der Waals surface area contributed by atoms with Crippen LogP contribution in [0.5, 0.6) is 5.75 Å². The van der Waals surface area contributed by atoms with Crippen LogP contribution in [0.25, 0.3) is 0 Å². The average Bonchev–Trinajstić information content (AvgIpc) is 2.83. The van der Waals surface area contributed by atoms with Crippen molar-refractivity contribution < 1.29 is 9.53 Å². The molecule has 2 atom stereocenters. The van der Waals surface area contributed by atoms with Crippen molar-refractivity contribution in [1.82, 2.24) is 5.32 Å². The number of amides is 1. The van der Waals surface area contributed by atoms with Crippen LogP contribution in [-0.4, -0.2) is 29.8 Å². The molecule has 4 nitrogen and oxygen atoms in total. The Morgan fingerprint density at radius 1 is 1.43 bits per heavy atom. The van der Waals surface area contributed by atoms with Gasteiger partial charge in [0.15, 0.2) is 0 Å². The highest BCUT2D eigenvalue weighted by molar-refractivity contribution is 8.00. The number of hydrogen-bond donors (Lipinski definition) is 2. The third-order valence-corrected chi connectivity index (χ3v) is 5.15. The smallest absolute Gasteiger partial charge is 0.237 e. The van der Waals surface area contributed by atoms with E-state index >= 15 is 0 Å². The van der Waals surface area contributed by atoms with Gasteiger partial charge in [0.1, 0.15) is 5.75 Å². The first-order valence-corrected chi connectivity index (χ1v) is 8.21. The highest BCUT2D eigenvalue weighted by atomic mass is 32.2. The molecule has 1 saturated carbocycles. The molecule has 5 heteroatoms. The summed E-state index contributed by atoms with van der Waals surface area (Å²) < 4.78 is 5.17. The Morgan fingerprint density at radius 3 is 2.62 bits per heavy atom. The van der Waals surface area contributed by atoms with E-state index < -0.39 is 5.54 Å². The first-order valence-electron chi connectivity index (χ1n) is 7.33. The fourth-order valence-corrected chi connectivity index (χ4v) is 4.21. The van der Waals surface area contributed by atoms with Gasteiger partial charge < -0.3 is 15.8 Å². The first-order chi connectivity index (χ1) is 9.95. The van der Waals surface area contributed by atoms with E-state index in [1.54, 1.807) is 7.11 Å². The van der Waals surface area contributed by atoms with E-state index in [0.29, 0.717) is 5.25 Å². The fraction of sp³-hybridized carbons (Fsp3) is 0.562. The van der Waals surface area contributed by atoms with Crippen molar-refractivity contribution >= 4 is 17.7 Å². The number of hydrogen-bond acceptors (Lipinski definition) is 4. The van der Waals surface area contributed by atoms with Crippen LogP contribution in [0.1, 0.15) is 33.1 Å². The van der Waals surface area contributed by atoms with Crippen LogP contribution in [0.2, 0.25) is 0 Å². The lowest BCUT2D eigenvalue weighted by atomic mass is 9.96. The van der Waals surface area contributed by atoms with Crippen molar-refractivity contribution in [2.45, 2.75) is 54.8 Å². The zero-order chi connectivity index (χ0) is 15.5. The van der Waals surface area contributed by atoms with Crippen molar-refractivity contribution in [2.75, 3.05) is 7.11 Å². The van der Waals surface area contributed by atoms with Crippen LogP contribution in [0.4, 0.5) is 0 Å². The largest absolute Gasteiger partial charge is 0.497 e. The van der Waals surface area contributed by atoms with Gasteiger partial charge in [-0.3, -0.25) is 4.79 Å². The van der Waals surface area contributed by atoms with Crippen molar-refractivity contribution in [3.05, 3.63) is 24.3 Å². The minimum atomic E-state index is -0.543. The molecule has 1 aromatic rings. The van der Waals surface area contributed by atoms with Gasteiger partial charge in [0, 0.05) is 16.2 Å². The van der Waals surface area contributed by atoms with Gasteiger partial charge in [-0.1, -0.05) is 0 Å². The molecule has 0 bridgehead atoms. The van der Waals surface area contributed by atoms with Crippen LogP contribution < -0.4 is 15.8 Å². The maximum absolute atomic E-state index is 11.9. The number of carbonyl (C=O) groups is 1. The van der Waals surface area contributed by atoms with Gasteiger partial charge in [-0.15, -0.1) is 11.8 Å². The molecule has 2 rings (SSSR count). The van der Waals surface area contributed by atoms with E-state index in [2.05, 4.69) is 31.3 Å². The number of ether oxygens (including phenoxy) is 1. The minimum absolute atomic E-state index is 0.228. The Labute approximate surface area is 130 Å². The molecule has 1 fully saturated rings. The summed E-state index contributed by atoms with van der Waals surface area (Å²) in [6, 6.07) is 8.30. The molecule has 0 aromatic heterocycles. The lowest BCUT2D eigenvalue weighted by Gasteiger charge is -2.29. The highest BCUT2D eigenvalue weighted by Crippen LogP contribution is 2.40. The first kappa shape index (κ1) is 16.2. The van der Waals surface area contributed by atoms with Crippen molar-refractivity contribution in [3.63, 3.8) is 0 Å². The third kappa shape index (κ3) is 3.92. The molecule has 1 aliphatic rings. The van der Waals surface area contributed by atoms with Gasteiger partial charge >= 0.3 is 0 Å². The molecule has 3 N–H and O–H groups in total. The summed E-state index contributed by atoms with van der Waals surface area (Å²) in [7, 11) is 1.66. The summed E-state index contributed by atoms with van der Waals surface area (Å²) in [5.74, 6) is 0.632. The number of primary amides is 1. The zero-order valence-corrected chi connectivity index (χ0v) is 13.7. The van der Waals surface area contributed by atoms with Gasteiger partial charge in [-0.05, 0) is 57.4 Å².